The number of amides is 2. The van der Waals surface area contributed by atoms with Crippen molar-refractivity contribution in [2.24, 2.45) is 11.8 Å². The van der Waals surface area contributed by atoms with Crippen LogP contribution < -0.4 is 0 Å². The zero-order chi connectivity index (χ0) is 14.3. The Kier molecular flexibility index (Phi) is 3.20. The first-order valence-electron chi connectivity index (χ1n) is 7.14. The molecule has 2 atom stereocenters. The molecule has 0 spiro atoms. The Hall–Kier alpha value is -1.90. The largest absolute Gasteiger partial charge is 0.278 e. The van der Waals surface area contributed by atoms with Crippen LogP contribution in [-0.4, -0.2) is 16.7 Å². The van der Waals surface area contributed by atoms with Crippen molar-refractivity contribution in [2.75, 3.05) is 0 Å². The predicted molar refractivity (Wildman–Crippen MR) is 76.8 cm³/mol. The molecule has 0 radical (unpaired) electrons. The highest BCUT2D eigenvalue weighted by atomic mass is 16.2. The number of nitrogens with zero attached hydrogens (tertiary/aromatic N) is 1. The van der Waals surface area contributed by atoms with Gasteiger partial charge in [-0.3, -0.25) is 14.5 Å². The van der Waals surface area contributed by atoms with Gasteiger partial charge < -0.3 is 0 Å². The molecule has 104 valence electrons. The van der Waals surface area contributed by atoms with Gasteiger partial charge in [-0.05, 0) is 37.8 Å². The van der Waals surface area contributed by atoms with E-state index in [1.165, 1.54) is 4.90 Å². The Morgan fingerprint density at radius 3 is 2.25 bits per heavy atom. The first-order valence-corrected chi connectivity index (χ1v) is 7.14. The molecule has 20 heavy (non-hydrogen) atoms. The summed E-state index contributed by atoms with van der Waals surface area (Å²) in [6.45, 7) is 4.47. The monoisotopic (exact) mass is 269 g/mol. The van der Waals surface area contributed by atoms with Gasteiger partial charge in [-0.25, -0.2) is 0 Å². The maximum Gasteiger partial charge on any atom is 0.233 e. The maximum absolute atomic E-state index is 12.4. The van der Waals surface area contributed by atoms with Crippen LogP contribution in [0.5, 0.6) is 0 Å². The number of hydrogen-bond donors (Lipinski definition) is 0. The van der Waals surface area contributed by atoms with Crippen molar-refractivity contribution in [2.45, 2.75) is 33.2 Å². The smallest absolute Gasteiger partial charge is 0.233 e. The van der Waals surface area contributed by atoms with Crippen molar-refractivity contribution in [3.05, 3.63) is 47.0 Å². The highest BCUT2D eigenvalue weighted by molar-refractivity contribution is 6.05. The Morgan fingerprint density at radius 2 is 1.65 bits per heavy atom. The number of imide groups is 1. The summed E-state index contributed by atoms with van der Waals surface area (Å²) in [5.74, 6) is -0.245. The van der Waals surface area contributed by atoms with Crippen molar-refractivity contribution in [1.82, 2.24) is 4.90 Å². The summed E-state index contributed by atoms with van der Waals surface area (Å²) < 4.78 is 0. The summed E-state index contributed by atoms with van der Waals surface area (Å²) in [6, 6.07) is 6.16. The van der Waals surface area contributed by atoms with E-state index in [4.69, 9.17) is 0 Å². The fourth-order valence-electron chi connectivity index (χ4n) is 3.17. The number of allylic oxidation sites excluding steroid dienone is 2. The second-order valence-electron chi connectivity index (χ2n) is 5.85. The van der Waals surface area contributed by atoms with Gasteiger partial charge in [0.05, 0.1) is 18.4 Å². The molecule has 0 bridgehead atoms. The molecule has 1 heterocycles. The first kappa shape index (κ1) is 13.1. The van der Waals surface area contributed by atoms with Crippen LogP contribution >= 0.6 is 0 Å². The van der Waals surface area contributed by atoms with E-state index in [0.717, 1.165) is 16.7 Å². The molecule has 0 unspecified atom stereocenters. The molecule has 1 fully saturated rings. The number of aryl methyl sites for hydroxylation is 2. The number of fused-ring (bicyclic) bond motifs is 1. The summed E-state index contributed by atoms with van der Waals surface area (Å²) in [5, 5.41) is 0. The number of carbonyl (C=O) groups is 2. The number of likely N-dealkylation sites (tertiary alicyclic amines) is 1. The average Bonchev–Trinajstić information content (AvgIpc) is 2.68. The standard InChI is InChI=1S/C17H19NO2/c1-11-7-8-12(2)13(9-11)10-18-16(19)14-5-3-4-6-15(14)17(18)20/h3-4,7-9,14-15H,5-6,10H2,1-2H3/t14-,15-/m1/s1. The number of carbonyl (C=O) groups excluding carboxylic acids is 2. The fourth-order valence-corrected chi connectivity index (χ4v) is 3.17. The minimum Gasteiger partial charge on any atom is -0.278 e. The third-order valence-corrected chi connectivity index (χ3v) is 4.43. The van der Waals surface area contributed by atoms with Gasteiger partial charge in [-0.1, -0.05) is 35.9 Å². The molecule has 1 aromatic carbocycles. The lowest BCUT2D eigenvalue weighted by atomic mass is 9.85. The number of hydrogen-bond acceptors (Lipinski definition) is 2. The summed E-state index contributed by atoms with van der Waals surface area (Å²) in [5.41, 5.74) is 3.35. The molecule has 3 nitrogen and oxygen atoms in total. The lowest BCUT2D eigenvalue weighted by Gasteiger charge is -2.16. The highest BCUT2D eigenvalue weighted by Gasteiger charge is 2.46. The predicted octanol–water partition coefficient (Wildman–Crippen LogP) is 2.75. The van der Waals surface area contributed by atoms with Crippen molar-refractivity contribution in [1.29, 1.82) is 0 Å². The Bertz CT molecular complexity index is 577. The van der Waals surface area contributed by atoms with E-state index in [9.17, 15) is 9.59 Å². The molecule has 0 N–H and O–H groups in total. The zero-order valence-electron chi connectivity index (χ0n) is 11.9. The van der Waals surface area contributed by atoms with E-state index in [1.807, 2.05) is 32.1 Å². The second kappa shape index (κ2) is 4.89. The molecule has 1 saturated heterocycles. The zero-order valence-corrected chi connectivity index (χ0v) is 11.9. The fraction of sp³-hybridized carbons (Fsp3) is 0.412. The third-order valence-electron chi connectivity index (χ3n) is 4.43. The number of benzene rings is 1. The van der Waals surface area contributed by atoms with Gasteiger partial charge in [-0.2, -0.15) is 0 Å². The maximum atomic E-state index is 12.4. The molecular weight excluding hydrogens is 250 g/mol. The number of rotatable bonds is 2. The molecule has 2 amide bonds. The van der Waals surface area contributed by atoms with Gasteiger partial charge in [-0.15, -0.1) is 0 Å². The van der Waals surface area contributed by atoms with E-state index in [0.29, 0.717) is 19.4 Å². The molecule has 1 aromatic rings. The summed E-state index contributed by atoms with van der Waals surface area (Å²) in [4.78, 5) is 26.3. The molecule has 1 aliphatic carbocycles. The highest BCUT2D eigenvalue weighted by Crippen LogP contribution is 2.36. The first-order chi connectivity index (χ1) is 9.58. The van der Waals surface area contributed by atoms with Crippen LogP contribution in [0, 0.1) is 25.7 Å². The van der Waals surface area contributed by atoms with Gasteiger partial charge in [0, 0.05) is 0 Å². The molecule has 3 heteroatoms. The van der Waals surface area contributed by atoms with E-state index in [2.05, 4.69) is 12.1 Å². The lowest BCUT2D eigenvalue weighted by Crippen LogP contribution is -2.30. The van der Waals surface area contributed by atoms with Crippen molar-refractivity contribution in [3.8, 4) is 0 Å². The van der Waals surface area contributed by atoms with E-state index >= 15 is 0 Å². The van der Waals surface area contributed by atoms with E-state index in [-0.39, 0.29) is 23.7 Å². The van der Waals surface area contributed by atoms with Crippen LogP contribution in [0.3, 0.4) is 0 Å². The van der Waals surface area contributed by atoms with Crippen LogP contribution in [0.1, 0.15) is 29.5 Å². The van der Waals surface area contributed by atoms with Gasteiger partial charge in [0.2, 0.25) is 11.8 Å². The van der Waals surface area contributed by atoms with Crippen molar-refractivity contribution in [3.63, 3.8) is 0 Å². The Labute approximate surface area is 119 Å². The minimum absolute atomic E-state index is 0.00487. The van der Waals surface area contributed by atoms with Crippen LogP contribution in [0.2, 0.25) is 0 Å². The SMILES string of the molecule is Cc1ccc(C)c(CN2C(=O)[C@@H]3CC=CC[C@H]3C2=O)c1. The minimum atomic E-state index is -0.127. The molecule has 2 aliphatic rings. The van der Waals surface area contributed by atoms with E-state index < -0.39 is 0 Å². The van der Waals surface area contributed by atoms with Gasteiger partial charge in [0.25, 0.3) is 0 Å². The van der Waals surface area contributed by atoms with Crippen LogP contribution in [-0.2, 0) is 16.1 Å². The normalized spacial score (nSPS) is 25.2. The average molecular weight is 269 g/mol. The Morgan fingerprint density at radius 1 is 1.05 bits per heavy atom. The molecule has 3 rings (SSSR count). The Balaban J connectivity index is 1.86. The molecule has 0 saturated carbocycles. The van der Waals surface area contributed by atoms with Crippen molar-refractivity contribution < 1.29 is 9.59 Å². The van der Waals surface area contributed by atoms with E-state index in [1.54, 1.807) is 0 Å². The summed E-state index contributed by atoms with van der Waals surface area (Å²) in [6.07, 6.45) is 5.46. The molecule has 0 aromatic heterocycles. The van der Waals surface area contributed by atoms with Gasteiger partial charge in [0.15, 0.2) is 0 Å². The second-order valence-corrected chi connectivity index (χ2v) is 5.85. The van der Waals surface area contributed by atoms with Crippen LogP contribution in [0.4, 0.5) is 0 Å². The van der Waals surface area contributed by atoms with Crippen molar-refractivity contribution >= 4 is 11.8 Å². The molecular formula is C17H19NO2. The van der Waals surface area contributed by atoms with Gasteiger partial charge in [0.1, 0.15) is 0 Å². The van der Waals surface area contributed by atoms with Gasteiger partial charge >= 0.3 is 0 Å². The quantitative estimate of drug-likeness (QED) is 0.611. The third kappa shape index (κ3) is 2.07. The van der Waals surface area contributed by atoms with Crippen LogP contribution in [0.25, 0.3) is 0 Å². The van der Waals surface area contributed by atoms with Crippen LogP contribution in [0.15, 0.2) is 30.4 Å². The summed E-state index contributed by atoms with van der Waals surface area (Å²) in [7, 11) is 0. The summed E-state index contributed by atoms with van der Waals surface area (Å²) >= 11 is 0. The lowest BCUT2D eigenvalue weighted by molar-refractivity contribution is -0.140. The molecule has 1 aliphatic heterocycles. The topological polar surface area (TPSA) is 37.4 Å².